The third-order valence-corrected chi connectivity index (χ3v) is 6.46. The Morgan fingerprint density at radius 1 is 0.914 bits per heavy atom. The first-order valence-electron chi connectivity index (χ1n) is 13.3. The summed E-state index contributed by atoms with van der Waals surface area (Å²) in [4.78, 5) is 12.5. The smallest absolute Gasteiger partial charge is 0.224 e. The minimum Gasteiger partial charge on any atom is -1.00 e. The average Bonchev–Trinajstić information content (AvgIpc) is 2.84. The quantitative estimate of drug-likeness (QED) is 0.155. The average molecular weight is 615 g/mol. The molecule has 0 bridgehead atoms. The molecule has 6 heteroatoms. The van der Waals surface area contributed by atoms with Crippen molar-refractivity contribution < 1.29 is 38.1 Å². The first kappa shape index (κ1) is 31.7. The van der Waals surface area contributed by atoms with Gasteiger partial charge >= 0.3 is 0 Å². The maximum Gasteiger partial charge on any atom is 0.224 e. The molecule has 35 heavy (non-hydrogen) atoms. The van der Waals surface area contributed by atoms with E-state index in [2.05, 4.69) is 29.9 Å². The van der Waals surface area contributed by atoms with Gasteiger partial charge in [-0.05, 0) is 24.1 Å². The predicted molar refractivity (Wildman–Crippen MR) is 141 cm³/mol. The van der Waals surface area contributed by atoms with Gasteiger partial charge in [0.25, 0.3) is 0 Å². The highest BCUT2D eigenvalue weighted by atomic mass is 127. The molecule has 1 N–H and O–H groups in total. The van der Waals surface area contributed by atoms with Crippen LogP contribution in [-0.2, 0) is 24.3 Å². The maximum absolute atomic E-state index is 12.5. The van der Waals surface area contributed by atoms with Crippen LogP contribution in [0.25, 0.3) is 0 Å². The zero-order chi connectivity index (χ0) is 24.4. The minimum atomic E-state index is -0.0344. The van der Waals surface area contributed by atoms with Crippen LogP contribution in [0.3, 0.4) is 0 Å². The number of carbonyl (C=O) groups is 1. The standard InChI is InChI=1S/C29H43ClN2O2.HI/c1-3-5-6-7-8-9-10-11-12-15-21-34-27-18-17-25(28(30)23-27)22-29(33)31-24-26-16-13-14-20-32(26)19-4-2;/h13-14,16-18,20,23H,3-12,15,19,21-22,24H2,1-2H3;1H. The van der Waals surface area contributed by atoms with E-state index in [1.165, 1.54) is 57.8 Å². The van der Waals surface area contributed by atoms with Crippen LogP contribution in [0.1, 0.15) is 95.7 Å². The molecule has 4 nitrogen and oxygen atoms in total. The van der Waals surface area contributed by atoms with Crippen LogP contribution in [0.5, 0.6) is 5.75 Å². The molecule has 0 fully saturated rings. The van der Waals surface area contributed by atoms with Gasteiger partial charge in [0.1, 0.15) is 18.8 Å². The van der Waals surface area contributed by atoms with E-state index in [9.17, 15) is 4.79 Å². The SMILES string of the molecule is CCCCCCCCCCCCOc1ccc(CC(=O)NCc2cccc[n+]2CCC)c(Cl)c1.[I-]. The number of benzene rings is 1. The van der Waals surface area contributed by atoms with Gasteiger partial charge in [0.05, 0.1) is 13.0 Å². The number of aryl methyl sites for hydroxylation is 1. The maximum atomic E-state index is 12.5. The lowest BCUT2D eigenvalue weighted by atomic mass is 10.1. The van der Waals surface area contributed by atoms with Crippen molar-refractivity contribution >= 4 is 17.5 Å². The van der Waals surface area contributed by atoms with Crippen LogP contribution in [0.4, 0.5) is 0 Å². The zero-order valence-corrected chi connectivity index (χ0v) is 24.6. The lowest BCUT2D eigenvalue weighted by Gasteiger charge is -2.10. The summed E-state index contributed by atoms with van der Waals surface area (Å²) >= 11 is 6.44. The number of aromatic nitrogens is 1. The summed E-state index contributed by atoms with van der Waals surface area (Å²) in [7, 11) is 0. The second-order valence-electron chi connectivity index (χ2n) is 9.12. The molecule has 0 atom stereocenters. The number of ether oxygens (including phenoxy) is 1. The van der Waals surface area contributed by atoms with E-state index < -0.39 is 0 Å². The molecule has 0 radical (unpaired) electrons. The Morgan fingerprint density at radius 3 is 2.26 bits per heavy atom. The van der Waals surface area contributed by atoms with Gasteiger partial charge in [0.2, 0.25) is 11.6 Å². The van der Waals surface area contributed by atoms with Crippen LogP contribution >= 0.6 is 11.6 Å². The van der Waals surface area contributed by atoms with E-state index in [0.717, 1.165) is 36.4 Å². The number of amides is 1. The van der Waals surface area contributed by atoms with Gasteiger partial charge in [-0.2, -0.15) is 0 Å². The van der Waals surface area contributed by atoms with Gasteiger partial charge in [-0.15, -0.1) is 0 Å². The second-order valence-corrected chi connectivity index (χ2v) is 9.53. The molecule has 196 valence electrons. The molecular weight excluding hydrogens is 571 g/mol. The summed E-state index contributed by atoms with van der Waals surface area (Å²) in [6.45, 7) is 6.57. The molecule has 0 spiro atoms. The highest BCUT2D eigenvalue weighted by Crippen LogP contribution is 2.23. The largest absolute Gasteiger partial charge is 1.00 e. The molecule has 1 aromatic carbocycles. The fourth-order valence-electron chi connectivity index (χ4n) is 4.10. The molecule has 1 aromatic heterocycles. The van der Waals surface area contributed by atoms with Gasteiger partial charge in [-0.1, -0.05) is 95.4 Å². The van der Waals surface area contributed by atoms with Gasteiger partial charge in [0, 0.05) is 23.6 Å². The molecule has 2 aromatic rings. The fourth-order valence-corrected chi connectivity index (χ4v) is 4.33. The number of halogens is 2. The summed E-state index contributed by atoms with van der Waals surface area (Å²) in [5.74, 6) is 0.739. The van der Waals surface area contributed by atoms with E-state index in [0.29, 0.717) is 18.2 Å². The van der Waals surface area contributed by atoms with E-state index in [4.69, 9.17) is 16.3 Å². The van der Waals surface area contributed by atoms with Crippen LogP contribution in [-0.4, -0.2) is 12.5 Å². The summed E-state index contributed by atoms with van der Waals surface area (Å²) in [5.41, 5.74) is 1.92. The molecule has 2 rings (SSSR count). The highest BCUT2D eigenvalue weighted by molar-refractivity contribution is 6.31. The van der Waals surface area contributed by atoms with Gasteiger partial charge in [0.15, 0.2) is 6.20 Å². The Balaban J connectivity index is 0.00000612. The van der Waals surface area contributed by atoms with Crippen molar-refractivity contribution in [1.29, 1.82) is 0 Å². The number of nitrogens with zero attached hydrogens (tertiary/aromatic N) is 1. The van der Waals surface area contributed by atoms with Crippen molar-refractivity contribution in [3.8, 4) is 5.75 Å². The monoisotopic (exact) mass is 614 g/mol. The Bertz CT molecular complexity index is 847. The predicted octanol–water partition coefficient (Wildman–Crippen LogP) is 4.20. The van der Waals surface area contributed by atoms with Crippen LogP contribution in [0.2, 0.25) is 5.02 Å². The van der Waals surface area contributed by atoms with Crippen molar-refractivity contribution in [3.63, 3.8) is 0 Å². The minimum absolute atomic E-state index is 0. The second kappa shape index (κ2) is 19.8. The van der Waals surface area contributed by atoms with E-state index in [1.54, 1.807) is 0 Å². The van der Waals surface area contributed by atoms with Gasteiger partial charge in [-0.25, -0.2) is 4.57 Å². The molecule has 0 aliphatic carbocycles. The molecule has 1 heterocycles. The van der Waals surface area contributed by atoms with Crippen LogP contribution in [0, 0.1) is 0 Å². The molecular formula is C29H44ClIN2O2. The number of nitrogens with one attached hydrogen (secondary N) is 1. The van der Waals surface area contributed by atoms with Crippen molar-refractivity contribution in [2.24, 2.45) is 0 Å². The molecule has 0 aliphatic rings. The fraction of sp³-hybridized carbons (Fsp3) is 0.586. The van der Waals surface area contributed by atoms with Crippen LogP contribution < -0.4 is 38.6 Å². The lowest BCUT2D eigenvalue weighted by Crippen LogP contribution is -3.00. The number of rotatable bonds is 18. The number of carbonyl (C=O) groups excluding carboxylic acids is 1. The van der Waals surface area contributed by atoms with Crippen molar-refractivity contribution in [3.05, 3.63) is 58.9 Å². The Kier molecular flexibility index (Phi) is 17.9. The number of hydrogen-bond donors (Lipinski definition) is 1. The lowest BCUT2D eigenvalue weighted by molar-refractivity contribution is -0.704. The summed E-state index contributed by atoms with van der Waals surface area (Å²) in [6, 6.07) is 11.7. The number of pyridine rings is 1. The first-order valence-corrected chi connectivity index (χ1v) is 13.7. The summed E-state index contributed by atoms with van der Waals surface area (Å²) < 4.78 is 8.05. The Hall–Kier alpha value is -1.34. The van der Waals surface area contributed by atoms with Crippen molar-refractivity contribution in [2.75, 3.05) is 6.61 Å². The van der Waals surface area contributed by atoms with Gasteiger partial charge in [-0.3, -0.25) is 4.79 Å². The number of hydrogen-bond acceptors (Lipinski definition) is 2. The highest BCUT2D eigenvalue weighted by Gasteiger charge is 2.12. The topological polar surface area (TPSA) is 42.2 Å². The van der Waals surface area contributed by atoms with Crippen LogP contribution in [0.15, 0.2) is 42.6 Å². The summed E-state index contributed by atoms with van der Waals surface area (Å²) in [5, 5.41) is 3.59. The molecule has 0 saturated carbocycles. The summed E-state index contributed by atoms with van der Waals surface area (Å²) in [6.07, 6.45) is 16.5. The molecule has 0 unspecified atom stereocenters. The van der Waals surface area contributed by atoms with E-state index in [-0.39, 0.29) is 36.3 Å². The first-order chi connectivity index (χ1) is 16.6. The Morgan fingerprint density at radius 2 is 1.60 bits per heavy atom. The van der Waals surface area contributed by atoms with Crippen molar-refractivity contribution in [1.82, 2.24) is 5.32 Å². The normalized spacial score (nSPS) is 10.6. The molecule has 1 amide bonds. The third kappa shape index (κ3) is 13.5. The number of unbranched alkanes of at least 4 members (excludes halogenated alkanes) is 9. The zero-order valence-electron chi connectivity index (χ0n) is 21.7. The third-order valence-electron chi connectivity index (χ3n) is 6.11. The van der Waals surface area contributed by atoms with E-state index in [1.807, 2.05) is 36.4 Å². The van der Waals surface area contributed by atoms with E-state index >= 15 is 0 Å². The molecule has 0 aliphatic heterocycles. The Labute approximate surface area is 235 Å². The molecule has 0 saturated heterocycles. The van der Waals surface area contributed by atoms with Crippen molar-refractivity contribution in [2.45, 2.75) is 104 Å². The van der Waals surface area contributed by atoms with Gasteiger partial charge < -0.3 is 34.0 Å².